The Morgan fingerprint density at radius 3 is 1.55 bits per heavy atom. The highest BCUT2D eigenvalue weighted by molar-refractivity contribution is 5.07. The molecule has 4 N–H and O–H groups in total. The summed E-state index contributed by atoms with van der Waals surface area (Å²) in [4.78, 5) is 4.44. The summed E-state index contributed by atoms with van der Waals surface area (Å²) >= 11 is 0. The van der Waals surface area contributed by atoms with Gasteiger partial charge in [-0.1, -0.05) is 24.3 Å². The SMILES string of the molecule is CC(C)(O)/C=C\C[C@](C)(O)[C@H]1CC[C@@](C)([C@H]2CC[C@H]([C@]3(C)CC[C@H]([C@@](C)(O)C/C=C\C(C)(C)OO)O3)O2)O1. The maximum Gasteiger partial charge on any atom is 0.116 e. The summed E-state index contributed by atoms with van der Waals surface area (Å²) in [7, 11) is 0. The maximum atomic E-state index is 11.2. The molecule has 3 aliphatic heterocycles. The molecule has 38 heavy (non-hydrogen) atoms. The van der Waals surface area contributed by atoms with Gasteiger partial charge in [0.1, 0.15) is 5.60 Å². The van der Waals surface area contributed by atoms with E-state index in [4.69, 9.17) is 19.5 Å². The van der Waals surface area contributed by atoms with Crippen molar-refractivity contribution in [3.63, 3.8) is 0 Å². The van der Waals surface area contributed by atoms with E-state index in [1.807, 2.05) is 12.2 Å². The predicted octanol–water partition coefficient (Wildman–Crippen LogP) is 4.84. The van der Waals surface area contributed by atoms with Crippen LogP contribution in [-0.4, -0.2) is 78.6 Å². The zero-order valence-electron chi connectivity index (χ0n) is 24.7. The first-order valence-electron chi connectivity index (χ1n) is 14.2. The monoisotopic (exact) mass is 540 g/mol. The highest BCUT2D eigenvalue weighted by Crippen LogP contribution is 2.48. The standard InChI is InChI=1S/C30H52O8/c1-25(2,31)15-9-17-27(5,32)21-13-19-29(7,36-21)23-11-12-24(35-23)30(8)20-14-22(37-30)28(6,33)18-10-16-26(3,4)38-34/h9-10,15-16,21-24,31-34H,11-14,17-20H2,1-8H3/b15-9-,16-10-/t21-,22-,23-,24-,27+,28+,29+,30+/m1/s1. The molecule has 0 saturated carbocycles. The quantitative estimate of drug-likeness (QED) is 0.167. The number of hydrogen-bond acceptors (Lipinski definition) is 8. The molecule has 3 rings (SSSR count). The van der Waals surface area contributed by atoms with Crippen LogP contribution in [0, 0.1) is 0 Å². The predicted molar refractivity (Wildman–Crippen MR) is 146 cm³/mol. The van der Waals surface area contributed by atoms with Gasteiger partial charge >= 0.3 is 0 Å². The summed E-state index contributed by atoms with van der Waals surface area (Å²) in [6.45, 7) is 14.6. The molecule has 0 aromatic rings. The third-order valence-electron chi connectivity index (χ3n) is 8.74. The third-order valence-corrected chi connectivity index (χ3v) is 8.74. The van der Waals surface area contributed by atoms with Gasteiger partial charge in [-0.25, -0.2) is 4.89 Å². The normalized spacial score (nSPS) is 38.3. The molecule has 0 bridgehead atoms. The topological polar surface area (TPSA) is 118 Å². The summed E-state index contributed by atoms with van der Waals surface area (Å²) in [5.41, 5.74) is -4.81. The third kappa shape index (κ3) is 7.67. The summed E-state index contributed by atoms with van der Waals surface area (Å²) in [5, 5.41) is 41.2. The minimum absolute atomic E-state index is 0.0937. The van der Waals surface area contributed by atoms with Crippen molar-refractivity contribution in [2.75, 3.05) is 0 Å². The van der Waals surface area contributed by atoms with Crippen molar-refractivity contribution in [2.45, 2.75) is 165 Å². The molecule has 8 heteroatoms. The lowest BCUT2D eigenvalue weighted by molar-refractivity contribution is -0.297. The molecule has 0 aromatic heterocycles. The van der Waals surface area contributed by atoms with Gasteiger partial charge in [-0.3, -0.25) is 5.26 Å². The largest absolute Gasteiger partial charge is 0.387 e. The Labute approximate surface area is 228 Å². The first-order valence-corrected chi connectivity index (χ1v) is 14.2. The van der Waals surface area contributed by atoms with Crippen molar-refractivity contribution in [2.24, 2.45) is 0 Å². The molecule has 8 atom stereocenters. The molecular weight excluding hydrogens is 488 g/mol. The van der Waals surface area contributed by atoms with E-state index in [9.17, 15) is 15.3 Å². The van der Waals surface area contributed by atoms with Gasteiger partial charge in [0.25, 0.3) is 0 Å². The van der Waals surface area contributed by atoms with Crippen LogP contribution in [0.5, 0.6) is 0 Å². The van der Waals surface area contributed by atoms with Crippen LogP contribution in [0.2, 0.25) is 0 Å². The second-order valence-corrected chi connectivity index (χ2v) is 13.9. The molecule has 8 nitrogen and oxygen atoms in total. The summed E-state index contributed by atoms with van der Waals surface area (Å²) in [5.74, 6) is 0. The van der Waals surface area contributed by atoms with Gasteiger partial charge in [-0.15, -0.1) is 0 Å². The van der Waals surface area contributed by atoms with Crippen LogP contribution in [0.4, 0.5) is 0 Å². The van der Waals surface area contributed by atoms with Crippen LogP contribution in [0.1, 0.15) is 107 Å². The number of rotatable bonds is 11. The van der Waals surface area contributed by atoms with E-state index < -0.39 is 33.6 Å². The Kier molecular flexibility index (Phi) is 9.34. The Morgan fingerprint density at radius 1 is 0.737 bits per heavy atom. The lowest BCUT2D eigenvalue weighted by atomic mass is 9.89. The van der Waals surface area contributed by atoms with Crippen molar-refractivity contribution in [3.05, 3.63) is 24.3 Å². The summed E-state index contributed by atoms with van der Waals surface area (Å²) in [6.07, 6.45) is 11.8. The highest BCUT2D eigenvalue weighted by Gasteiger charge is 2.55. The average molecular weight is 541 g/mol. The highest BCUT2D eigenvalue weighted by atomic mass is 17.1. The van der Waals surface area contributed by atoms with E-state index in [0.717, 1.165) is 38.5 Å². The van der Waals surface area contributed by atoms with Gasteiger partial charge in [0.15, 0.2) is 0 Å². The van der Waals surface area contributed by atoms with E-state index in [-0.39, 0.29) is 24.4 Å². The van der Waals surface area contributed by atoms with Crippen LogP contribution < -0.4 is 0 Å². The smallest absolute Gasteiger partial charge is 0.116 e. The Hall–Kier alpha value is -0.840. The van der Waals surface area contributed by atoms with Gasteiger partial charge in [-0.2, -0.15) is 0 Å². The lowest BCUT2D eigenvalue weighted by Crippen LogP contribution is -2.47. The van der Waals surface area contributed by atoms with E-state index in [2.05, 4.69) is 18.7 Å². The Morgan fingerprint density at radius 2 is 1.16 bits per heavy atom. The average Bonchev–Trinajstić information content (AvgIpc) is 3.52. The van der Waals surface area contributed by atoms with Gasteiger partial charge in [0, 0.05) is 0 Å². The zero-order valence-corrected chi connectivity index (χ0v) is 24.7. The first kappa shape index (κ1) is 31.7. The number of hydrogen-bond donors (Lipinski definition) is 4. The van der Waals surface area contributed by atoms with Crippen molar-refractivity contribution in [1.82, 2.24) is 0 Å². The molecule has 0 unspecified atom stereocenters. The molecule has 0 amide bonds. The zero-order chi connectivity index (χ0) is 28.6. The van der Waals surface area contributed by atoms with Crippen LogP contribution in [0.15, 0.2) is 24.3 Å². The molecule has 0 spiro atoms. The van der Waals surface area contributed by atoms with Gasteiger partial charge < -0.3 is 29.5 Å². The van der Waals surface area contributed by atoms with Crippen LogP contribution in [-0.2, 0) is 19.1 Å². The number of ether oxygens (including phenoxy) is 3. The molecule has 3 saturated heterocycles. The first-order chi connectivity index (χ1) is 17.3. The minimum Gasteiger partial charge on any atom is -0.387 e. The van der Waals surface area contributed by atoms with E-state index in [1.165, 1.54) is 0 Å². The minimum atomic E-state index is -1.06. The molecule has 220 valence electrons. The lowest BCUT2D eigenvalue weighted by Gasteiger charge is -2.38. The molecule has 3 fully saturated rings. The second-order valence-electron chi connectivity index (χ2n) is 13.9. The van der Waals surface area contributed by atoms with Gasteiger partial charge in [-0.05, 0) is 107 Å². The second kappa shape index (κ2) is 11.2. The fourth-order valence-corrected chi connectivity index (χ4v) is 6.07. The molecular formula is C30H52O8. The number of aliphatic hydroxyl groups is 3. The van der Waals surface area contributed by atoms with Crippen LogP contribution in [0.3, 0.4) is 0 Å². The Balaban J connectivity index is 1.57. The van der Waals surface area contributed by atoms with E-state index in [0.29, 0.717) is 12.8 Å². The summed E-state index contributed by atoms with van der Waals surface area (Å²) in [6, 6.07) is 0. The van der Waals surface area contributed by atoms with Gasteiger partial charge in [0.05, 0.1) is 52.4 Å². The van der Waals surface area contributed by atoms with Crippen molar-refractivity contribution < 1.29 is 39.7 Å². The van der Waals surface area contributed by atoms with Crippen molar-refractivity contribution >= 4 is 0 Å². The van der Waals surface area contributed by atoms with Crippen LogP contribution in [0.25, 0.3) is 0 Å². The molecule has 0 aromatic carbocycles. The van der Waals surface area contributed by atoms with E-state index in [1.54, 1.807) is 53.7 Å². The fourth-order valence-electron chi connectivity index (χ4n) is 6.07. The summed E-state index contributed by atoms with van der Waals surface area (Å²) < 4.78 is 19.6. The molecule has 3 heterocycles. The van der Waals surface area contributed by atoms with Gasteiger partial charge in [0.2, 0.25) is 0 Å². The maximum absolute atomic E-state index is 11.2. The molecule has 0 radical (unpaired) electrons. The molecule has 0 aliphatic carbocycles. The van der Waals surface area contributed by atoms with Crippen molar-refractivity contribution in [1.29, 1.82) is 0 Å². The fraction of sp³-hybridized carbons (Fsp3) is 0.867. The van der Waals surface area contributed by atoms with E-state index >= 15 is 0 Å². The Bertz CT molecular complexity index is 857. The van der Waals surface area contributed by atoms with Crippen molar-refractivity contribution in [3.8, 4) is 0 Å². The van der Waals surface area contributed by atoms with Crippen LogP contribution >= 0.6 is 0 Å². The molecule has 3 aliphatic rings.